The summed E-state index contributed by atoms with van der Waals surface area (Å²) in [6.07, 6.45) is 3.41. The Kier molecular flexibility index (Phi) is 8.78. The summed E-state index contributed by atoms with van der Waals surface area (Å²) < 4.78 is 5.39. The normalized spacial score (nSPS) is 26.6. The van der Waals surface area contributed by atoms with E-state index >= 15 is 0 Å². The zero-order chi connectivity index (χ0) is 29.4. The number of hydrogen-bond donors (Lipinski definition) is 2. The highest BCUT2D eigenvalue weighted by molar-refractivity contribution is 7.99. The van der Waals surface area contributed by atoms with Gasteiger partial charge in [0.2, 0.25) is 17.7 Å². The van der Waals surface area contributed by atoms with Crippen molar-refractivity contribution in [3.8, 4) is 0 Å². The minimum atomic E-state index is -0.838. The van der Waals surface area contributed by atoms with Crippen LogP contribution >= 0.6 is 11.8 Å². The van der Waals surface area contributed by atoms with E-state index in [1.807, 2.05) is 26.0 Å². The number of benzene rings is 1. The Bertz CT molecular complexity index is 1150. The fourth-order valence-electron chi connectivity index (χ4n) is 5.97. The highest BCUT2D eigenvalue weighted by Crippen LogP contribution is 2.46. The van der Waals surface area contributed by atoms with Gasteiger partial charge in [0, 0.05) is 7.05 Å². The van der Waals surface area contributed by atoms with Crippen molar-refractivity contribution >= 4 is 35.6 Å². The average molecular weight is 573 g/mol. The zero-order valence-electron chi connectivity index (χ0n) is 24.8. The van der Waals surface area contributed by atoms with Crippen LogP contribution in [0.15, 0.2) is 24.3 Å². The smallest absolute Gasteiger partial charge is 0.410 e. The number of amides is 4. The predicted molar refractivity (Wildman–Crippen MR) is 156 cm³/mol. The third kappa shape index (κ3) is 6.42. The summed E-state index contributed by atoms with van der Waals surface area (Å²) in [5.41, 5.74) is 1.29. The molecule has 40 heavy (non-hydrogen) atoms. The molecular formula is C30H44N4O5S. The molecule has 4 amide bonds. The maximum atomic E-state index is 14.0. The Balaban J connectivity index is 1.49. The van der Waals surface area contributed by atoms with E-state index in [2.05, 4.69) is 22.8 Å². The molecule has 2 saturated heterocycles. The van der Waals surface area contributed by atoms with Gasteiger partial charge >= 0.3 is 6.09 Å². The largest absolute Gasteiger partial charge is 0.444 e. The number of carbonyl (C=O) groups excluding carboxylic acids is 4. The van der Waals surface area contributed by atoms with Gasteiger partial charge in [0.15, 0.2) is 0 Å². The van der Waals surface area contributed by atoms with Crippen molar-refractivity contribution < 1.29 is 23.9 Å². The first kappa shape index (κ1) is 30.2. The molecule has 0 bridgehead atoms. The lowest BCUT2D eigenvalue weighted by Crippen LogP contribution is -2.58. The van der Waals surface area contributed by atoms with Crippen LogP contribution in [0.5, 0.6) is 0 Å². The third-order valence-corrected chi connectivity index (χ3v) is 9.44. The van der Waals surface area contributed by atoms with Gasteiger partial charge in [-0.1, -0.05) is 38.1 Å². The molecule has 1 aromatic rings. The molecular weight excluding hydrogens is 528 g/mol. The van der Waals surface area contributed by atoms with Gasteiger partial charge in [-0.3, -0.25) is 19.3 Å². The number of rotatable bonds is 5. The van der Waals surface area contributed by atoms with Crippen LogP contribution in [-0.2, 0) is 25.5 Å². The van der Waals surface area contributed by atoms with Crippen molar-refractivity contribution in [2.45, 2.75) is 109 Å². The van der Waals surface area contributed by atoms with Crippen molar-refractivity contribution in [3.63, 3.8) is 0 Å². The van der Waals surface area contributed by atoms with E-state index in [-0.39, 0.29) is 23.2 Å². The summed E-state index contributed by atoms with van der Waals surface area (Å²) in [6, 6.07) is 5.88. The molecule has 2 heterocycles. The van der Waals surface area contributed by atoms with Crippen LogP contribution in [0.4, 0.5) is 4.79 Å². The fourth-order valence-corrected chi connectivity index (χ4v) is 7.54. The Hall–Kier alpha value is -2.75. The Labute approximate surface area is 242 Å². The first-order valence-electron chi connectivity index (χ1n) is 14.3. The number of hydrogen-bond acceptors (Lipinski definition) is 6. The van der Waals surface area contributed by atoms with Crippen molar-refractivity contribution in [2.75, 3.05) is 12.8 Å². The third-order valence-electron chi connectivity index (χ3n) is 8.19. The number of nitrogens with one attached hydrogen (secondary N) is 2. The van der Waals surface area contributed by atoms with Crippen LogP contribution in [0.2, 0.25) is 0 Å². The second kappa shape index (κ2) is 11.6. The molecule has 10 heteroatoms. The van der Waals surface area contributed by atoms with Crippen LogP contribution in [0.3, 0.4) is 0 Å². The van der Waals surface area contributed by atoms with Gasteiger partial charge in [0.25, 0.3) is 0 Å². The van der Waals surface area contributed by atoms with Gasteiger partial charge in [-0.25, -0.2) is 4.79 Å². The van der Waals surface area contributed by atoms with E-state index in [0.29, 0.717) is 18.6 Å². The van der Waals surface area contributed by atoms with Crippen LogP contribution in [-0.4, -0.2) is 75.5 Å². The molecule has 0 radical (unpaired) electrons. The molecule has 2 fully saturated rings. The first-order valence-corrected chi connectivity index (χ1v) is 15.3. The molecule has 1 aliphatic carbocycles. The molecule has 0 spiro atoms. The second-order valence-electron chi connectivity index (χ2n) is 12.9. The van der Waals surface area contributed by atoms with Gasteiger partial charge in [-0.15, -0.1) is 11.8 Å². The summed E-state index contributed by atoms with van der Waals surface area (Å²) >= 11 is 1.66. The van der Waals surface area contributed by atoms with Crippen LogP contribution in [0.1, 0.15) is 84.4 Å². The highest BCUT2D eigenvalue weighted by Gasteiger charge is 2.54. The molecule has 1 unspecified atom stereocenters. The number of nitrogens with zero attached hydrogens (tertiary/aromatic N) is 2. The highest BCUT2D eigenvalue weighted by atomic mass is 32.2. The molecule has 1 aromatic carbocycles. The standard InChI is InChI=1S/C30H44N4O5S/c1-18(33(7)28(38)39-29(2,3)4)25(35)32-22-15-16-40-23-17-30(5,6)24(34(23)27(22)37)26(36)31-21-14-10-12-19-11-8-9-13-20(19)21/h8-9,11,13,18,21-24H,10,12,14-17H2,1-7H3,(H,31,36)(H,32,35)/t18-,21+,22-,23-,24?/m0/s1. The van der Waals surface area contributed by atoms with Crippen LogP contribution in [0, 0.1) is 5.41 Å². The summed E-state index contributed by atoms with van der Waals surface area (Å²) in [6.45, 7) is 11.0. The van der Waals surface area contributed by atoms with E-state index in [0.717, 1.165) is 24.8 Å². The number of aryl methyl sites for hydroxylation is 1. The van der Waals surface area contributed by atoms with Crippen molar-refractivity contribution in [3.05, 3.63) is 35.4 Å². The molecule has 0 saturated carbocycles. The second-order valence-corrected chi connectivity index (χ2v) is 14.2. The van der Waals surface area contributed by atoms with Crippen molar-refractivity contribution in [1.29, 1.82) is 0 Å². The summed E-state index contributed by atoms with van der Waals surface area (Å²) in [4.78, 5) is 56.5. The Morgan fingerprint density at radius 3 is 2.52 bits per heavy atom. The number of fused-ring (bicyclic) bond motifs is 2. The van der Waals surface area contributed by atoms with E-state index in [9.17, 15) is 19.2 Å². The van der Waals surface area contributed by atoms with Gasteiger partial charge in [-0.2, -0.15) is 0 Å². The van der Waals surface area contributed by atoms with Gasteiger partial charge in [-0.05, 0) is 82.1 Å². The Morgan fingerprint density at radius 1 is 1.12 bits per heavy atom. The SMILES string of the molecule is C[C@@H](C(=O)N[C@H]1CCS[C@H]2CC(C)(C)C(C(=O)N[C@@H]3CCCc4ccccc43)N2C1=O)N(C)C(=O)OC(C)(C)C. The lowest BCUT2D eigenvalue weighted by molar-refractivity contribution is -0.144. The maximum Gasteiger partial charge on any atom is 0.410 e. The number of carbonyl (C=O) groups is 4. The van der Waals surface area contributed by atoms with Crippen molar-refractivity contribution in [2.24, 2.45) is 5.41 Å². The fraction of sp³-hybridized carbons (Fsp3) is 0.667. The van der Waals surface area contributed by atoms with Crippen molar-refractivity contribution in [1.82, 2.24) is 20.4 Å². The van der Waals surface area contributed by atoms with E-state index in [4.69, 9.17) is 4.74 Å². The van der Waals surface area contributed by atoms with E-state index in [1.165, 1.54) is 17.5 Å². The first-order chi connectivity index (χ1) is 18.7. The monoisotopic (exact) mass is 572 g/mol. The van der Waals surface area contributed by atoms with Crippen LogP contribution < -0.4 is 10.6 Å². The molecule has 4 rings (SSSR count). The summed E-state index contributed by atoms with van der Waals surface area (Å²) in [7, 11) is 1.51. The maximum absolute atomic E-state index is 14.0. The zero-order valence-corrected chi connectivity index (χ0v) is 25.6. The van der Waals surface area contributed by atoms with E-state index < -0.39 is 41.1 Å². The molecule has 2 N–H and O–H groups in total. The quantitative estimate of drug-likeness (QED) is 0.552. The molecule has 5 atom stereocenters. The lowest BCUT2D eigenvalue weighted by atomic mass is 9.83. The van der Waals surface area contributed by atoms with Gasteiger partial charge in [0.05, 0.1) is 11.4 Å². The number of ether oxygens (including phenoxy) is 1. The summed E-state index contributed by atoms with van der Waals surface area (Å²) in [5, 5.41) is 6.02. The number of likely N-dealkylation sites (N-methyl/N-ethyl adjacent to an activating group) is 1. The summed E-state index contributed by atoms with van der Waals surface area (Å²) in [5.74, 6) is -0.152. The molecule has 220 valence electrons. The molecule has 0 aromatic heterocycles. The average Bonchev–Trinajstić information content (AvgIpc) is 3.07. The molecule has 3 aliphatic rings. The Morgan fingerprint density at radius 2 is 1.82 bits per heavy atom. The van der Waals surface area contributed by atoms with Crippen LogP contribution in [0.25, 0.3) is 0 Å². The molecule has 2 aliphatic heterocycles. The van der Waals surface area contributed by atoms with E-state index in [1.54, 1.807) is 44.4 Å². The lowest BCUT2D eigenvalue weighted by Gasteiger charge is -2.36. The van der Waals surface area contributed by atoms with Gasteiger partial charge in [0.1, 0.15) is 23.7 Å². The molecule has 9 nitrogen and oxygen atoms in total. The predicted octanol–water partition coefficient (Wildman–Crippen LogP) is 4.01. The minimum Gasteiger partial charge on any atom is -0.444 e. The van der Waals surface area contributed by atoms with Gasteiger partial charge < -0.3 is 20.3 Å². The topological polar surface area (TPSA) is 108 Å². The number of thioether (sulfide) groups is 1. The minimum absolute atomic E-state index is 0.0817.